The van der Waals surface area contributed by atoms with Crippen molar-refractivity contribution < 1.29 is 70.8 Å². The van der Waals surface area contributed by atoms with E-state index in [1.54, 1.807) is 0 Å². The molecule has 3 atom stereocenters. The molecule has 0 radical (unpaired) electrons. The minimum Gasteiger partial charge on any atom is -0.383 e. The Kier molecular flexibility index (Phi) is 22.9. The van der Waals surface area contributed by atoms with Crippen LogP contribution in [0.15, 0.2) is 0 Å². The summed E-state index contributed by atoms with van der Waals surface area (Å²) in [5.41, 5.74) is 0. The van der Waals surface area contributed by atoms with Gasteiger partial charge in [-0.3, -0.25) is 0 Å². The van der Waals surface area contributed by atoms with Crippen LogP contribution in [0.2, 0.25) is 0 Å². The van der Waals surface area contributed by atoms with E-state index in [0.717, 1.165) is 0 Å². The third-order valence-corrected chi connectivity index (χ3v) is 6.14. The molecule has 16 heteroatoms. The van der Waals surface area contributed by atoms with Crippen molar-refractivity contribution in [3.05, 3.63) is 0 Å². The first-order valence-electron chi connectivity index (χ1n) is 15.3. The summed E-state index contributed by atoms with van der Waals surface area (Å²) in [7, 11) is -1.04. The molecule has 43 heavy (non-hydrogen) atoms. The first kappa shape index (κ1) is 36.9. The van der Waals surface area contributed by atoms with Crippen LogP contribution in [0.5, 0.6) is 0 Å². The van der Waals surface area contributed by atoms with Crippen LogP contribution in [0.1, 0.15) is 0 Å². The molecule has 3 unspecified atom stereocenters. The lowest BCUT2D eigenvalue weighted by Gasteiger charge is -2.25. The molecule has 3 rings (SSSR count). The minimum absolute atomic E-state index is 0.159. The van der Waals surface area contributed by atoms with Gasteiger partial charge in [0.2, 0.25) is 0 Å². The van der Waals surface area contributed by atoms with E-state index < -0.39 is 7.32 Å². The van der Waals surface area contributed by atoms with Crippen LogP contribution in [-0.4, -0.2) is 184 Å². The van der Waals surface area contributed by atoms with Crippen molar-refractivity contribution in [1.82, 2.24) is 0 Å². The molecule has 0 saturated carbocycles. The molecular weight excluding hydrogens is 575 g/mol. The zero-order chi connectivity index (χ0) is 29.9. The fraction of sp³-hybridized carbons (Fsp3) is 1.00. The molecule has 0 spiro atoms. The Balaban J connectivity index is 1.53. The summed E-state index contributed by atoms with van der Waals surface area (Å²) in [5, 5.41) is 0. The van der Waals surface area contributed by atoms with Crippen LogP contribution in [0.4, 0.5) is 0 Å². The molecule has 3 saturated heterocycles. The Morgan fingerprint density at radius 3 is 0.837 bits per heavy atom. The van der Waals surface area contributed by atoms with Gasteiger partial charge in [-0.2, -0.15) is 0 Å². The minimum atomic E-state index is -1.04. The van der Waals surface area contributed by atoms with Crippen molar-refractivity contribution in [2.24, 2.45) is 0 Å². The molecule has 3 fully saturated rings. The molecule has 0 aromatic rings. The van der Waals surface area contributed by atoms with Crippen LogP contribution in [0.3, 0.4) is 0 Å². The summed E-state index contributed by atoms with van der Waals surface area (Å²) in [4.78, 5) is 0. The Hall–Kier alpha value is -0.535. The normalized spacial score (nSPS) is 28.0. The molecule has 3 aliphatic heterocycles. The van der Waals surface area contributed by atoms with E-state index in [1.807, 2.05) is 0 Å². The predicted molar refractivity (Wildman–Crippen MR) is 150 cm³/mol. The number of hydrogen-bond donors (Lipinski definition) is 0. The topological polar surface area (TPSA) is 138 Å². The Morgan fingerprint density at radius 2 is 0.558 bits per heavy atom. The third-order valence-electron chi connectivity index (χ3n) is 6.14. The van der Waals surface area contributed by atoms with E-state index in [-0.39, 0.29) is 38.1 Å². The molecule has 252 valence electrons. The highest BCUT2D eigenvalue weighted by Crippen LogP contribution is 2.07. The van der Waals surface area contributed by atoms with Gasteiger partial charge in [0.15, 0.2) is 0 Å². The number of rotatable bonds is 9. The summed E-state index contributed by atoms with van der Waals surface area (Å²) >= 11 is 0. The van der Waals surface area contributed by atoms with Gasteiger partial charge in [0.1, 0.15) is 18.3 Å². The van der Waals surface area contributed by atoms with Crippen LogP contribution in [0.25, 0.3) is 0 Å². The number of ether oxygens (including phenoxy) is 12. The van der Waals surface area contributed by atoms with E-state index >= 15 is 0 Å². The highest BCUT2D eigenvalue weighted by molar-refractivity contribution is 6.36. The van der Waals surface area contributed by atoms with Crippen molar-refractivity contribution in [1.29, 1.82) is 0 Å². The lowest BCUT2D eigenvalue weighted by Crippen LogP contribution is -2.40. The Labute approximate surface area is 255 Å². The summed E-state index contributed by atoms with van der Waals surface area (Å²) in [5.74, 6) is 0. The van der Waals surface area contributed by atoms with E-state index in [0.29, 0.717) is 139 Å². The molecule has 0 N–H and O–H groups in total. The summed E-state index contributed by atoms with van der Waals surface area (Å²) in [6, 6.07) is 0. The lowest BCUT2D eigenvalue weighted by molar-refractivity contribution is -0.100. The first-order valence-corrected chi connectivity index (χ1v) is 15.3. The van der Waals surface area contributed by atoms with Crippen LogP contribution >= 0.6 is 0 Å². The van der Waals surface area contributed by atoms with Gasteiger partial charge >= 0.3 is 7.32 Å². The van der Waals surface area contributed by atoms with Crippen LogP contribution in [0, 0.1) is 0 Å². The highest BCUT2D eigenvalue weighted by atomic mass is 16.7. The van der Waals surface area contributed by atoms with Gasteiger partial charge in [0.25, 0.3) is 0 Å². The molecule has 0 aromatic carbocycles. The standard InChI is InChI=1S/C27H51BO15/c1-4-32-13-16-38-25(19-35-10-7-29-1)22-41-28(42-23-26-20-36-11-8-30-2-5-33-14-17-39-26)43-24-27-21-37-12-9-31-3-6-34-15-18-40-27/h25-27H,1-24H2. The SMILES string of the molecule is C1COCCOC(COB(OCC2COCCOCCOCCO2)OCC2COCCOCCOCCO2)COCCO1. The zero-order valence-corrected chi connectivity index (χ0v) is 25.4. The molecule has 0 amide bonds. The average molecular weight is 627 g/mol. The quantitative estimate of drug-likeness (QED) is 0.300. The fourth-order valence-electron chi connectivity index (χ4n) is 3.92. The molecule has 0 aromatic heterocycles. The molecular formula is C27H51BO15. The monoisotopic (exact) mass is 626 g/mol. The van der Waals surface area contributed by atoms with Crippen molar-refractivity contribution in [2.45, 2.75) is 18.3 Å². The van der Waals surface area contributed by atoms with Crippen LogP contribution < -0.4 is 0 Å². The maximum Gasteiger partial charge on any atom is 0.639 e. The van der Waals surface area contributed by atoms with Crippen molar-refractivity contribution in [2.75, 3.05) is 159 Å². The Morgan fingerprint density at radius 1 is 0.326 bits per heavy atom. The zero-order valence-electron chi connectivity index (χ0n) is 25.4. The van der Waals surface area contributed by atoms with Crippen molar-refractivity contribution >= 4 is 7.32 Å². The third kappa shape index (κ3) is 20.3. The molecule has 0 aliphatic carbocycles. The molecule has 0 bridgehead atoms. The van der Waals surface area contributed by atoms with Gasteiger partial charge in [-0.1, -0.05) is 0 Å². The van der Waals surface area contributed by atoms with Gasteiger partial charge in [-0.25, -0.2) is 0 Å². The predicted octanol–water partition coefficient (Wildman–Crippen LogP) is -0.633. The maximum atomic E-state index is 6.06. The van der Waals surface area contributed by atoms with E-state index in [2.05, 4.69) is 0 Å². The van der Waals surface area contributed by atoms with Gasteiger partial charge < -0.3 is 70.8 Å². The second-order valence-electron chi connectivity index (χ2n) is 9.67. The average Bonchev–Trinajstić information content (AvgIpc) is 2.99. The Bertz CT molecular complexity index is 508. The van der Waals surface area contributed by atoms with E-state index in [9.17, 15) is 0 Å². The van der Waals surface area contributed by atoms with Gasteiger partial charge in [-0.05, 0) is 0 Å². The highest BCUT2D eigenvalue weighted by Gasteiger charge is 2.28. The first-order chi connectivity index (χ1) is 21.4. The van der Waals surface area contributed by atoms with Crippen molar-refractivity contribution in [3.8, 4) is 0 Å². The molecule has 3 heterocycles. The van der Waals surface area contributed by atoms with E-state index in [1.165, 1.54) is 0 Å². The summed E-state index contributed by atoms with van der Waals surface area (Å²) in [6.07, 6.45) is -1.10. The number of hydrogen-bond acceptors (Lipinski definition) is 15. The molecule has 15 nitrogen and oxygen atoms in total. The second-order valence-corrected chi connectivity index (χ2v) is 9.67. The van der Waals surface area contributed by atoms with Crippen molar-refractivity contribution in [3.63, 3.8) is 0 Å². The summed E-state index contributed by atoms with van der Waals surface area (Å²) in [6.45, 7) is 9.80. The van der Waals surface area contributed by atoms with Gasteiger partial charge in [0.05, 0.1) is 159 Å². The lowest BCUT2D eigenvalue weighted by atomic mass is 10.2. The van der Waals surface area contributed by atoms with Crippen LogP contribution in [-0.2, 0) is 70.8 Å². The smallest absolute Gasteiger partial charge is 0.383 e. The van der Waals surface area contributed by atoms with Gasteiger partial charge in [-0.15, -0.1) is 0 Å². The summed E-state index contributed by atoms with van der Waals surface area (Å²) < 4.78 is 86.2. The fourth-order valence-corrected chi connectivity index (χ4v) is 3.92. The van der Waals surface area contributed by atoms with Gasteiger partial charge in [0, 0.05) is 0 Å². The maximum absolute atomic E-state index is 6.06. The van der Waals surface area contributed by atoms with E-state index in [4.69, 9.17) is 70.8 Å². The second kappa shape index (κ2) is 26.7. The largest absolute Gasteiger partial charge is 0.639 e. The molecule has 3 aliphatic rings.